The lowest BCUT2D eigenvalue weighted by Gasteiger charge is -2.16. The van der Waals surface area contributed by atoms with Crippen LogP contribution in [-0.4, -0.2) is 45.4 Å². The Morgan fingerprint density at radius 3 is 2.94 bits per heavy atom. The molecule has 4 heterocycles. The van der Waals surface area contributed by atoms with Gasteiger partial charge in [-0.25, -0.2) is 15.9 Å². The predicted molar refractivity (Wildman–Crippen MR) is 131 cm³/mol. The van der Waals surface area contributed by atoms with Crippen molar-refractivity contribution in [3.63, 3.8) is 0 Å². The number of hydrogen-bond donors (Lipinski definition) is 3. The molecule has 3 aromatic heterocycles. The summed E-state index contributed by atoms with van der Waals surface area (Å²) in [4.78, 5) is 22.4. The molecule has 184 valence electrons. The Balaban J connectivity index is 1.36. The lowest BCUT2D eigenvalue weighted by molar-refractivity contribution is 0.0941. The van der Waals surface area contributed by atoms with Crippen LogP contribution in [0.2, 0.25) is 0 Å². The van der Waals surface area contributed by atoms with E-state index < -0.39 is 17.3 Å². The van der Waals surface area contributed by atoms with Gasteiger partial charge in [-0.2, -0.15) is 5.10 Å². The van der Waals surface area contributed by atoms with Crippen LogP contribution in [0.15, 0.2) is 41.1 Å². The maximum absolute atomic E-state index is 15.1. The molecule has 1 aromatic carbocycles. The number of fused-ring (bicyclic) bond motifs is 1. The molecule has 10 nitrogen and oxygen atoms in total. The molecule has 1 fully saturated rings. The van der Waals surface area contributed by atoms with Crippen molar-refractivity contribution in [2.45, 2.75) is 38.4 Å². The molecule has 0 bridgehead atoms. The van der Waals surface area contributed by atoms with Gasteiger partial charge in [-0.15, -0.1) is 0 Å². The van der Waals surface area contributed by atoms with Crippen LogP contribution < -0.4 is 16.0 Å². The highest BCUT2D eigenvalue weighted by Crippen LogP contribution is 2.35. The summed E-state index contributed by atoms with van der Waals surface area (Å²) in [5.74, 6) is 0.0699. The first-order valence-electron chi connectivity index (χ1n) is 11.5. The molecule has 1 aliphatic heterocycles. The number of aromatic nitrogens is 4. The molecule has 1 aliphatic rings. The van der Waals surface area contributed by atoms with Gasteiger partial charge in [0, 0.05) is 57.4 Å². The predicted octanol–water partition coefficient (Wildman–Crippen LogP) is 3.37. The number of halogens is 1. The molecular formula is C25H25FN8O2. The first-order valence-corrected chi connectivity index (χ1v) is 11.5. The zero-order valence-corrected chi connectivity index (χ0v) is 19.9. The van der Waals surface area contributed by atoms with Crippen LogP contribution in [0.4, 0.5) is 10.2 Å². The molecule has 11 heteroatoms. The second-order valence-corrected chi connectivity index (χ2v) is 9.36. The topological polar surface area (TPSA) is 130 Å². The summed E-state index contributed by atoms with van der Waals surface area (Å²) in [6.07, 6.45) is 2.54. The van der Waals surface area contributed by atoms with Crippen LogP contribution in [0.25, 0.3) is 27.0 Å². The third-order valence-electron chi connectivity index (χ3n) is 6.40. The van der Waals surface area contributed by atoms with Crippen LogP contribution in [0.3, 0.4) is 0 Å². The van der Waals surface area contributed by atoms with Gasteiger partial charge in [-0.05, 0) is 29.7 Å². The first-order chi connectivity index (χ1) is 17.3. The second kappa shape index (κ2) is 9.05. The molecule has 36 heavy (non-hydrogen) atoms. The highest BCUT2D eigenvalue weighted by atomic mass is 19.1. The number of H-pyrrole nitrogens is 1. The van der Waals surface area contributed by atoms with Gasteiger partial charge >= 0.3 is 0 Å². The van der Waals surface area contributed by atoms with Gasteiger partial charge in [0.1, 0.15) is 5.82 Å². The number of anilines is 1. The standard InChI is InChI=1S/C25H25FN8O2/c1-25(2,28-3)20-11-19(33-36-20)24(35)30-12-15-5-4-14(10-18(15)26)17-6-8-29-22-21(17)23(32-31-22)34-9-7-16(27)13-34/h4-6,8,10-11,16H,7,9,12-13,27H2,1-2H3,(H,30,35)(H,29,31,32)/t16-/m1/s1. The Kier molecular flexibility index (Phi) is 5.89. The Morgan fingerprint density at radius 1 is 1.39 bits per heavy atom. The fourth-order valence-electron chi connectivity index (χ4n) is 4.23. The maximum Gasteiger partial charge on any atom is 0.286 e. The normalized spacial score (nSPS) is 15.9. The van der Waals surface area contributed by atoms with E-state index in [1.165, 1.54) is 12.1 Å². The van der Waals surface area contributed by atoms with Crippen LogP contribution in [0, 0.1) is 12.4 Å². The van der Waals surface area contributed by atoms with E-state index in [0.717, 1.165) is 29.7 Å². The van der Waals surface area contributed by atoms with Crippen LogP contribution >= 0.6 is 0 Å². The summed E-state index contributed by atoms with van der Waals surface area (Å²) < 4.78 is 20.2. The Hall–Kier alpha value is -4.30. The van der Waals surface area contributed by atoms with Crippen molar-refractivity contribution in [3.8, 4) is 11.1 Å². The summed E-state index contributed by atoms with van der Waals surface area (Å²) >= 11 is 0. The zero-order valence-electron chi connectivity index (χ0n) is 19.9. The van der Waals surface area contributed by atoms with Gasteiger partial charge in [0.15, 0.2) is 17.2 Å². The van der Waals surface area contributed by atoms with Crippen molar-refractivity contribution in [3.05, 3.63) is 70.8 Å². The zero-order chi connectivity index (χ0) is 25.4. The Bertz CT molecular complexity index is 1480. The molecule has 1 amide bonds. The van der Waals surface area contributed by atoms with E-state index in [0.29, 0.717) is 23.3 Å². The third-order valence-corrected chi connectivity index (χ3v) is 6.40. The third kappa shape index (κ3) is 4.27. The van der Waals surface area contributed by atoms with Crippen molar-refractivity contribution < 1.29 is 13.7 Å². The molecule has 1 atom stereocenters. The van der Waals surface area contributed by atoms with Crippen LogP contribution in [0.5, 0.6) is 0 Å². The minimum absolute atomic E-state index is 0.0340. The van der Waals surface area contributed by atoms with Crippen molar-refractivity contribution in [1.82, 2.24) is 25.7 Å². The average molecular weight is 489 g/mol. The van der Waals surface area contributed by atoms with E-state index in [1.807, 2.05) is 6.07 Å². The summed E-state index contributed by atoms with van der Waals surface area (Å²) in [6, 6.07) is 8.23. The fraction of sp³-hybridized carbons (Fsp3) is 0.320. The molecule has 0 radical (unpaired) electrons. The monoisotopic (exact) mass is 488 g/mol. The number of amides is 1. The van der Waals surface area contributed by atoms with E-state index in [1.54, 1.807) is 32.2 Å². The van der Waals surface area contributed by atoms with Crippen molar-refractivity contribution >= 4 is 22.8 Å². The molecule has 0 aliphatic carbocycles. The first kappa shape index (κ1) is 23.4. The largest absolute Gasteiger partial charge is 0.353 e. The Morgan fingerprint density at radius 2 is 2.22 bits per heavy atom. The van der Waals surface area contributed by atoms with Crippen LogP contribution in [-0.2, 0) is 12.1 Å². The molecule has 0 unspecified atom stereocenters. The van der Waals surface area contributed by atoms with Crippen molar-refractivity contribution in [2.75, 3.05) is 18.0 Å². The van der Waals surface area contributed by atoms with Gasteiger partial charge in [0.2, 0.25) is 5.76 Å². The number of nitrogens with zero attached hydrogens (tertiary/aromatic N) is 5. The SMILES string of the molecule is [C-]#[N+]C(C)(C)c1cc(C(=O)NCc2ccc(-c3ccnc4[nH]nc(N5CC[C@@H](N)C5)c34)cc2F)no1. The molecule has 0 spiro atoms. The molecule has 4 aromatic rings. The lowest BCUT2D eigenvalue weighted by atomic mass is 10.0. The number of nitrogens with two attached hydrogens (primary N) is 1. The van der Waals surface area contributed by atoms with Gasteiger partial charge in [-0.3, -0.25) is 9.89 Å². The van der Waals surface area contributed by atoms with E-state index in [9.17, 15) is 4.79 Å². The van der Waals surface area contributed by atoms with Crippen molar-refractivity contribution in [2.24, 2.45) is 5.73 Å². The number of benzene rings is 1. The smallest absolute Gasteiger partial charge is 0.286 e. The average Bonchev–Trinajstić information content (AvgIpc) is 3.62. The number of hydrogen-bond acceptors (Lipinski definition) is 7. The van der Waals surface area contributed by atoms with Gasteiger partial charge in [0.05, 0.1) is 5.39 Å². The summed E-state index contributed by atoms with van der Waals surface area (Å²) in [5.41, 5.74) is 7.59. The minimum Gasteiger partial charge on any atom is -0.353 e. The molecular weight excluding hydrogens is 463 g/mol. The summed E-state index contributed by atoms with van der Waals surface area (Å²) in [5, 5.41) is 14.6. The minimum atomic E-state index is -0.929. The van der Waals surface area contributed by atoms with Crippen LogP contribution in [0.1, 0.15) is 42.1 Å². The van der Waals surface area contributed by atoms with Gasteiger partial charge < -0.3 is 25.3 Å². The number of carbonyl (C=O) groups excluding carboxylic acids is 1. The number of rotatable bonds is 6. The number of carbonyl (C=O) groups is 1. The van der Waals surface area contributed by atoms with Gasteiger partial charge in [0.25, 0.3) is 11.4 Å². The summed E-state index contributed by atoms with van der Waals surface area (Å²) in [6.45, 7) is 12.0. The second-order valence-electron chi connectivity index (χ2n) is 9.36. The van der Waals surface area contributed by atoms with Gasteiger partial charge in [-0.1, -0.05) is 17.3 Å². The highest BCUT2D eigenvalue weighted by molar-refractivity contribution is 6.00. The highest BCUT2D eigenvalue weighted by Gasteiger charge is 2.32. The maximum atomic E-state index is 15.1. The van der Waals surface area contributed by atoms with E-state index in [4.69, 9.17) is 16.8 Å². The molecule has 4 N–H and O–H groups in total. The Labute approximate surface area is 206 Å². The van der Waals surface area contributed by atoms with E-state index in [-0.39, 0.29) is 24.0 Å². The molecule has 5 rings (SSSR count). The molecule has 1 saturated heterocycles. The molecule has 0 saturated carbocycles. The number of pyridine rings is 1. The number of aromatic amines is 1. The number of nitrogens with one attached hydrogen (secondary N) is 2. The quantitative estimate of drug-likeness (QED) is 0.355. The fourth-order valence-corrected chi connectivity index (χ4v) is 4.23. The van der Waals surface area contributed by atoms with Crippen molar-refractivity contribution in [1.29, 1.82) is 0 Å². The van der Waals surface area contributed by atoms with E-state index >= 15 is 4.39 Å². The summed E-state index contributed by atoms with van der Waals surface area (Å²) in [7, 11) is 0. The van der Waals surface area contributed by atoms with E-state index in [2.05, 4.69) is 35.4 Å². The lowest BCUT2D eigenvalue weighted by Crippen LogP contribution is -2.26.